The molecule has 10 nitrogen and oxygen atoms in total. The average Bonchev–Trinajstić information content (AvgIpc) is 3.60. The Morgan fingerprint density at radius 3 is 1.10 bits per heavy atom. The molecule has 0 unspecified atom stereocenters. The number of fused-ring (bicyclic) bond motifs is 3. The number of benzene rings is 8. The summed E-state index contributed by atoms with van der Waals surface area (Å²) in [5.41, 5.74) is 6.38. The topological polar surface area (TPSA) is 168 Å². The van der Waals surface area contributed by atoms with Gasteiger partial charge in [0.15, 0.2) is 0 Å². The van der Waals surface area contributed by atoms with Crippen LogP contribution in [-0.2, 0) is 5.41 Å². The van der Waals surface area contributed by atoms with Crippen LogP contribution in [0.2, 0.25) is 0 Å². The first kappa shape index (κ1) is 39.7. The van der Waals surface area contributed by atoms with E-state index in [-0.39, 0.29) is 22.6 Å². The number of hydrogen-bond donors (Lipinski definition) is 4. The summed E-state index contributed by atoms with van der Waals surface area (Å²) < 4.78 is 12.9. The maximum absolute atomic E-state index is 12.1. The third-order valence-electron chi connectivity index (χ3n) is 11.3. The number of carboxylic acid groups (broad SMARTS) is 4. The number of rotatable bonds is 12. The van der Waals surface area contributed by atoms with E-state index in [1.807, 2.05) is 109 Å². The summed E-state index contributed by atoms with van der Waals surface area (Å²) in [5, 5.41) is 39.0. The van der Waals surface area contributed by atoms with E-state index in [9.17, 15) is 39.6 Å². The van der Waals surface area contributed by atoms with Gasteiger partial charge in [0.25, 0.3) is 0 Å². The van der Waals surface area contributed by atoms with Crippen LogP contribution in [0, 0.1) is 0 Å². The first-order valence-corrected chi connectivity index (χ1v) is 19.7. The molecular formula is C53H34O10. The van der Waals surface area contributed by atoms with E-state index < -0.39 is 40.4 Å². The molecule has 8 aromatic carbocycles. The Morgan fingerprint density at radius 2 is 0.714 bits per heavy atom. The molecule has 0 amide bonds. The summed E-state index contributed by atoms with van der Waals surface area (Å²) in [7, 11) is 0. The van der Waals surface area contributed by atoms with Gasteiger partial charge in [-0.05, 0) is 105 Å². The Balaban J connectivity index is 1.28. The van der Waals surface area contributed by atoms with Crippen molar-refractivity contribution in [2.75, 3.05) is 0 Å². The van der Waals surface area contributed by atoms with E-state index >= 15 is 0 Å². The second-order valence-electron chi connectivity index (χ2n) is 14.8. The second-order valence-corrected chi connectivity index (χ2v) is 14.8. The molecule has 0 radical (unpaired) electrons. The molecule has 9 rings (SSSR count). The fraction of sp³-hybridized carbons (Fsp3) is 0.0189. The molecule has 0 fully saturated rings. The van der Waals surface area contributed by atoms with Gasteiger partial charge < -0.3 is 29.9 Å². The maximum Gasteiger partial charge on any atom is 0.336 e. The van der Waals surface area contributed by atoms with Crippen molar-refractivity contribution in [3.05, 3.63) is 226 Å². The van der Waals surface area contributed by atoms with Crippen LogP contribution in [0.5, 0.6) is 23.0 Å². The molecule has 0 bridgehead atoms. The minimum absolute atomic E-state index is 0.143. The average molecular weight is 831 g/mol. The van der Waals surface area contributed by atoms with Crippen molar-refractivity contribution in [2.45, 2.75) is 5.41 Å². The Labute approximate surface area is 360 Å². The van der Waals surface area contributed by atoms with Gasteiger partial charge in [0, 0.05) is 11.1 Å². The fourth-order valence-electron chi connectivity index (χ4n) is 8.57. The van der Waals surface area contributed by atoms with Crippen LogP contribution in [0.3, 0.4) is 0 Å². The van der Waals surface area contributed by atoms with E-state index in [0.29, 0.717) is 22.6 Å². The van der Waals surface area contributed by atoms with Crippen molar-refractivity contribution in [1.29, 1.82) is 0 Å². The van der Waals surface area contributed by atoms with Gasteiger partial charge in [-0.15, -0.1) is 0 Å². The number of carbonyl (C=O) groups is 4. The number of ether oxygens (including phenoxy) is 2. The van der Waals surface area contributed by atoms with Gasteiger partial charge in [-0.2, -0.15) is 0 Å². The summed E-state index contributed by atoms with van der Waals surface area (Å²) in [6, 6.07) is 55.2. The molecule has 0 aliphatic heterocycles. The lowest BCUT2D eigenvalue weighted by Crippen LogP contribution is -2.28. The minimum Gasteiger partial charge on any atom is -0.478 e. The largest absolute Gasteiger partial charge is 0.478 e. The number of hydrogen-bond acceptors (Lipinski definition) is 6. The predicted molar refractivity (Wildman–Crippen MR) is 235 cm³/mol. The van der Waals surface area contributed by atoms with Gasteiger partial charge in [0.2, 0.25) is 0 Å². The van der Waals surface area contributed by atoms with Gasteiger partial charge in [0.1, 0.15) is 23.0 Å². The van der Waals surface area contributed by atoms with Crippen molar-refractivity contribution in [3.8, 4) is 56.4 Å². The summed E-state index contributed by atoms with van der Waals surface area (Å²) in [6.07, 6.45) is 0. The van der Waals surface area contributed by atoms with Crippen molar-refractivity contribution < 1.29 is 49.1 Å². The van der Waals surface area contributed by atoms with Crippen LogP contribution >= 0.6 is 0 Å². The van der Waals surface area contributed by atoms with Crippen molar-refractivity contribution >= 4 is 23.9 Å². The number of aromatic carboxylic acids is 4. The molecule has 0 spiro atoms. The summed E-state index contributed by atoms with van der Waals surface area (Å²) in [6.45, 7) is 0. The summed E-state index contributed by atoms with van der Waals surface area (Å²) >= 11 is 0. The van der Waals surface area contributed by atoms with Gasteiger partial charge in [-0.1, -0.05) is 121 Å². The summed E-state index contributed by atoms with van der Waals surface area (Å²) in [4.78, 5) is 47.9. The van der Waals surface area contributed by atoms with E-state index in [0.717, 1.165) is 44.5 Å². The van der Waals surface area contributed by atoms with Crippen LogP contribution in [0.4, 0.5) is 0 Å². The van der Waals surface area contributed by atoms with Gasteiger partial charge in [0.05, 0.1) is 27.7 Å². The molecule has 0 saturated carbocycles. The van der Waals surface area contributed by atoms with Crippen molar-refractivity contribution in [1.82, 2.24) is 0 Å². The third-order valence-corrected chi connectivity index (χ3v) is 11.3. The van der Waals surface area contributed by atoms with E-state index in [2.05, 4.69) is 36.4 Å². The normalized spacial score (nSPS) is 12.1. The molecule has 1 aliphatic rings. The maximum atomic E-state index is 12.1. The van der Waals surface area contributed by atoms with Crippen molar-refractivity contribution in [2.24, 2.45) is 0 Å². The molecule has 10 heteroatoms. The molecular weight excluding hydrogens is 797 g/mol. The highest BCUT2D eigenvalue weighted by Gasteiger charge is 2.46. The predicted octanol–water partition coefficient (Wildman–Crippen LogP) is 11.8. The standard InChI is InChI=1S/C53H34O10/c54-49(55)39-23-21-35(29-43(39)51(58)59)62-47-25-19-33(27-41(47)31-11-3-1-4-12-31)53(45-17-9-7-15-37(45)38-16-8-10-18-46(38)53)34-20-26-48(42(28-34)32-13-5-2-6-14-32)63-36-22-24-40(50(56)57)44(30-36)52(60)61/h1-30H,(H,54,55)(H,56,57)(H,58,59)(H,60,61). The zero-order chi connectivity index (χ0) is 43.8. The van der Waals surface area contributed by atoms with E-state index in [1.54, 1.807) is 0 Å². The van der Waals surface area contributed by atoms with E-state index in [4.69, 9.17) is 9.47 Å². The zero-order valence-electron chi connectivity index (χ0n) is 33.1. The Bertz CT molecular complexity index is 2930. The quantitative estimate of drug-likeness (QED) is 0.0930. The molecule has 0 saturated heterocycles. The minimum atomic E-state index is -1.40. The molecule has 1 aliphatic carbocycles. The zero-order valence-corrected chi connectivity index (χ0v) is 33.1. The lowest BCUT2D eigenvalue weighted by Gasteiger charge is -2.35. The fourth-order valence-corrected chi connectivity index (χ4v) is 8.57. The smallest absolute Gasteiger partial charge is 0.336 e. The SMILES string of the molecule is O=C(O)c1ccc(Oc2ccc(C3(c4ccc(Oc5ccc(C(=O)O)c(C(=O)O)c5)c(-c5ccccc5)c4)c4ccccc4-c4ccccc43)cc2-c2ccccc2)cc1C(=O)O. The molecule has 63 heavy (non-hydrogen) atoms. The third kappa shape index (κ3) is 7.01. The highest BCUT2D eigenvalue weighted by Crippen LogP contribution is 2.57. The highest BCUT2D eigenvalue weighted by atomic mass is 16.5. The molecule has 0 atom stereocenters. The van der Waals surface area contributed by atoms with Crippen LogP contribution in [0.25, 0.3) is 33.4 Å². The van der Waals surface area contributed by atoms with E-state index in [1.165, 1.54) is 36.4 Å². The Hall–Kier alpha value is -8.76. The van der Waals surface area contributed by atoms with Gasteiger partial charge >= 0.3 is 23.9 Å². The van der Waals surface area contributed by atoms with Crippen molar-refractivity contribution in [3.63, 3.8) is 0 Å². The van der Waals surface area contributed by atoms with Gasteiger partial charge in [-0.3, -0.25) is 0 Å². The highest BCUT2D eigenvalue weighted by molar-refractivity contribution is 6.03. The van der Waals surface area contributed by atoms with Crippen LogP contribution in [0.15, 0.2) is 182 Å². The lowest BCUT2D eigenvalue weighted by molar-refractivity contribution is 0.0651. The first-order valence-electron chi connectivity index (χ1n) is 19.7. The Kier molecular flexibility index (Phi) is 10.1. The second kappa shape index (κ2) is 16.0. The molecule has 0 aromatic heterocycles. The van der Waals surface area contributed by atoms with Crippen LogP contribution < -0.4 is 9.47 Å². The van der Waals surface area contributed by atoms with Crippen LogP contribution in [0.1, 0.15) is 63.7 Å². The molecule has 0 heterocycles. The summed E-state index contributed by atoms with van der Waals surface area (Å²) in [5.74, 6) is -4.44. The lowest BCUT2D eigenvalue weighted by atomic mass is 9.67. The number of carboxylic acids is 4. The monoisotopic (exact) mass is 830 g/mol. The molecule has 8 aromatic rings. The Morgan fingerprint density at radius 1 is 0.349 bits per heavy atom. The molecule has 4 N–H and O–H groups in total. The van der Waals surface area contributed by atoms with Gasteiger partial charge in [-0.25, -0.2) is 19.2 Å². The van der Waals surface area contributed by atoms with Crippen LogP contribution in [-0.4, -0.2) is 44.3 Å². The molecule has 306 valence electrons. The first-order chi connectivity index (χ1) is 30.5.